The Labute approximate surface area is 85.4 Å². The van der Waals surface area contributed by atoms with Crippen molar-refractivity contribution >= 4 is 27.7 Å². The molecule has 1 aromatic carbocycles. The quantitative estimate of drug-likeness (QED) is 0.665. The minimum absolute atomic E-state index is 0.465. The second-order valence-electron chi connectivity index (χ2n) is 3.05. The average Bonchev–Trinajstić information content (AvgIpc) is 2.66. The van der Waals surface area contributed by atoms with Gasteiger partial charge in [0, 0.05) is 10.3 Å². The predicted molar refractivity (Wildman–Crippen MR) is 56.7 cm³/mol. The molecule has 0 fully saturated rings. The first-order valence-corrected chi connectivity index (χ1v) is 5.02. The Hall–Kier alpha value is -1.66. The van der Waals surface area contributed by atoms with Gasteiger partial charge in [0.1, 0.15) is 0 Å². The Balaban J connectivity index is 2.97. The van der Waals surface area contributed by atoms with Crippen molar-refractivity contribution in [1.29, 1.82) is 5.26 Å². The number of aryl methyl sites for hydroxylation is 1. The molecule has 0 saturated heterocycles. The van der Waals surface area contributed by atoms with Crippen molar-refractivity contribution in [2.45, 2.75) is 6.92 Å². The summed E-state index contributed by atoms with van der Waals surface area (Å²) in [7, 11) is 0. The molecule has 0 N–H and O–H groups in total. The van der Waals surface area contributed by atoms with E-state index in [4.69, 9.17) is 5.26 Å². The number of fused-ring (bicyclic) bond motifs is 1. The van der Waals surface area contributed by atoms with Gasteiger partial charge in [0.15, 0.2) is 6.29 Å². The molecule has 0 saturated carbocycles. The van der Waals surface area contributed by atoms with Crippen LogP contribution in [0.3, 0.4) is 0 Å². The van der Waals surface area contributed by atoms with Gasteiger partial charge in [-0.15, -0.1) is 11.3 Å². The van der Waals surface area contributed by atoms with Gasteiger partial charge in [0.05, 0.1) is 11.6 Å². The minimum Gasteiger partial charge on any atom is -0.298 e. The minimum atomic E-state index is 0.465. The van der Waals surface area contributed by atoms with Crippen LogP contribution in [0, 0.1) is 18.3 Å². The second-order valence-corrected chi connectivity index (χ2v) is 3.96. The van der Waals surface area contributed by atoms with Crippen LogP contribution in [0.1, 0.15) is 21.5 Å². The summed E-state index contributed by atoms with van der Waals surface area (Å²) in [6, 6.07) is 5.78. The van der Waals surface area contributed by atoms with Crippen molar-refractivity contribution in [3.63, 3.8) is 0 Å². The van der Waals surface area contributed by atoms with Crippen LogP contribution in [0.5, 0.6) is 0 Å². The number of aldehydes is 1. The smallest absolute Gasteiger partial charge is 0.152 e. The summed E-state index contributed by atoms with van der Waals surface area (Å²) >= 11 is 1.50. The van der Waals surface area contributed by atoms with Crippen molar-refractivity contribution in [3.05, 3.63) is 34.2 Å². The van der Waals surface area contributed by atoms with E-state index in [2.05, 4.69) is 0 Å². The molecule has 68 valence electrons. The fourth-order valence-corrected chi connectivity index (χ4v) is 2.51. The standard InChI is InChI=1S/C11H7NOS/c1-7-4-8(5-12)10(6-13)11-9(7)2-3-14-11/h2-4,6H,1H3. The molecule has 0 atom stereocenters. The highest BCUT2D eigenvalue weighted by Gasteiger charge is 2.09. The molecule has 2 aromatic rings. The molecule has 2 rings (SSSR count). The molecule has 2 nitrogen and oxygen atoms in total. The van der Waals surface area contributed by atoms with Gasteiger partial charge in [-0.1, -0.05) is 0 Å². The number of nitrogens with zero attached hydrogens (tertiary/aromatic N) is 1. The molecule has 1 aromatic heterocycles. The van der Waals surface area contributed by atoms with Gasteiger partial charge in [-0.3, -0.25) is 4.79 Å². The molecule has 14 heavy (non-hydrogen) atoms. The van der Waals surface area contributed by atoms with Crippen LogP contribution in [0.4, 0.5) is 0 Å². The first kappa shape index (κ1) is 8.92. The van der Waals surface area contributed by atoms with Gasteiger partial charge >= 0.3 is 0 Å². The number of rotatable bonds is 1. The SMILES string of the molecule is Cc1cc(C#N)c(C=O)c2sccc12. The molecular weight excluding hydrogens is 194 g/mol. The lowest BCUT2D eigenvalue weighted by Gasteiger charge is -2.01. The predicted octanol–water partition coefficient (Wildman–Crippen LogP) is 2.89. The highest BCUT2D eigenvalue weighted by atomic mass is 32.1. The Morgan fingerprint density at radius 2 is 2.36 bits per heavy atom. The van der Waals surface area contributed by atoms with Gasteiger partial charge in [0.2, 0.25) is 0 Å². The van der Waals surface area contributed by atoms with Crippen LogP contribution < -0.4 is 0 Å². The normalized spacial score (nSPS) is 10.0. The van der Waals surface area contributed by atoms with E-state index in [-0.39, 0.29) is 0 Å². The van der Waals surface area contributed by atoms with E-state index >= 15 is 0 Å². The van der Waals surface area contributed by atoms with Crippen LogP contribution in [0.25, 0.3) is 10.1 Å². The van der Waals surface area contributed by atoms with Crippen LogP contribution in [-0.2, 0) is 0 Å². The lowest BCUT2D eigenvalue weighted by molar-refractivity contribution is 0.112. The van der Waals surface area contributed by atoms with Gasteiger partial charge in [-0.25, -0.2) is 0 Å². The van der Waals surface area contributed by atoms with E-state index < -0.39 is 0 Å². The molecule has 0 aliphatic heterocycles. The molecule has 0 aliphatic rings. The Morgan fingerprint density at radius 3 is 3.00 bits per heavy atom. The van der Waals surface area contributed by atoms with E-state index in [1.165, 1.54) is 11.3 Å². The molecule has 1 heterocycles. The maximum absolute atomic E-state index is 10.9. The van der Waals surface area contributed by atoms with E-state index in [1.54, 1.807) is 6.07 Å². The average molecular weight is 201 g/mol. The number of benzene rings is 1. The fraction of sp³-hybridized carbons (Fsp3) is 0.0909. The van der Waals surface area contributed by atoms with E-state index in [9.17, 15) is 4.79 Å². The molecule has 0 bridgehead atoms. The third kappa shape index (κ3) is 1.12. The van der Waals surface area contributed by atoms with E-state index in [0.717, 1.165) is 21.9 Å². The third-order valence-electron chi connectivity index (χ3n) is 2.22. The van der Waals surface area contributed by atoms with Crippen molar-refractivity contribution < 1.29 is 4.79 Å². The first-order valence-electron chi connectivity index (χ1n) is 4.14. The zero-order chi connectivity index (χ0) is 10.1. The van der Waals surface area contributed by atoms with Gasteiger partial charge in [0.25, 0.3) is 0 Å². The molecular formula is C11H7NOS. The molecule has 0 spiro atoms. The maximum Gasteiger partial charge on any atom is 0.152 e. The van der Waals surface area contributed by atoms with E-state index in [0.29, 0.717) is 11.1 Å². The summed E-state index contributed by atoms with van der Waals surface area (Å²) in [5, 5.41) is 11.9. The molecule has 0 radical (unpaired) electrons. The Morgan fingerprint density at radius 1 is 1.57 bits per heavy atom. The summed E-state index contributed by atoms with van der Waals surface area (Å²) in [6.45, 7) is 1.95. The Kier molecular flexibility index (Phi) is 2.06. The summed E-state index contributed by atoms with van der Waals surface area (Å²) in [5.74, 6) is 0. The highest BCUT2D eigenvalue weighted by Crippen LogP contribution is 2.29. The van der Waals surface area contributed by atoms with Gasteiger partial charge in [-0.05, 0) is 35.4 Å². The van der Waals surface area contributed by atoms with E-state index in [1.807, 2.05) is 24.4 Å². The number of hydrogen-bond acceptors (Lipinski definition) is 3. The summed E-state index contributed by atoms with van der Waals surface area (Å²) in [6.07, 6.45) is 0.761. The number of thiophene rings is 1. The lowest BCUT2D eigenvalue weighted by atomic mass is 10.0. The number of carbonyl (C=O) groups excluding carboxylic acids is 1. The topological polar surface area (TPSA) is 40.9 Å². The maximum atomic E-state index is 10.9. The largest absolute Gasteiger partial charge is 0.298 e. The van der Waals surface area contributed by atoms with Gasteiger partial charge in [-0.2, -0.15) is 5.26 Å². The monoisotopic (exact) mass is 201 g/mol. The number of carbonyl (C=O) groups is 1. The first-order chi connectivity index (χ1) is 6.77. The van der Waals surface area contributed by atoms with Crippen molar-refractivity contribution in [1.82, 2.24) is 0 Å². The van der Waals surface area contributed by atoms with Crippen molar-refractivity contribution in [3.8, 4) is 6.07 Å². The zero-order valence-electron chi connectivity index (χ0n) is 7.57. The molecule has 0 unspecified atom stereocenters. The number of nitriles is 1. The van der Waals surface area contributed by atoms with Crippen LogP contribution in [-0.4, -0.2) is 6.29 Å². The van der Waals surface area contributed by atoms with Crippen molar-refractivity contribution in [2.24, 2.45) is 0 Å². The molecule has 3 heteroatoms. The lowest BCUT2D eigenvalue weighted by Crippen LogP contribution is -1.89. The summed E-state index contributed by atoms with van der Waals surface area (Å²) in [4.78, 5) is 10.9. The molecule has 0 amide bonds. The number of hydrogen-bond donors (Lipinski definition) is 0. The van der Waals surface area contributed by atoms with Gasteiger partial charge < -0.3 is 0 Å². The second kappa shape index (κ2) is 3.24. The zero-order valence-corrected chi connectivity index (χ0v) is 8.39. The highest BCUT2D eigenvalue weighted by molar-refractivity contribution is 7.17. The summed E-state index contributed by atoms with van der Waals surface area (Å²) < 4.78 is 0.913. The van der Waals surface area contributed by atoms with Crippen molar-refractivity contribution in [2.75, 3.05) is 0 Å². The third-order valence-corrected chi connectivity index (χ3v) is 3.17. The van der Waals surface area contributed by atoms with Crippen LogP contribution >= 0.6 is 11.3 Å². The summed E-state index contributed by atoms with van der Waals surface area (Å²) in [5.41, 5.74) is 2.03. The van der Waals surface area contributed by atoms with Crippen LogP contribution in [0.15, 0.2) is 17.5 Å². The van der Waals surface area contributed by atoms with Crippen LogP contribution in [0.2, 0.25) is 0 Å². The fourth-order valence-electron chi connectivity index (χ4n) is 1.53. The Bertz CT molecular complexity index is 548. The molecule has 0 aliphatic carbocycles.